The molecule has 0 atom stereocenters. The summed E-state index contributed by atoms with van der Waals surface area (Å²) in [5.74, 6) is 0. The van der Waals surface area contributed by atoms with Crippen LogP contribution in [0.5, 0.6) is 0 Å². The van der Waals surface area contributed by atoms with Gasteiger partial charge >= 0.3 is 0 Å². The van der Waals surface area contributed by atoms with E-state index in [1.807, 2.05) is 0 Å². The van der Waals surface area contributed by atoms with E-state index in [0.29, 0.717) is 0 Å². The second-order valence-corrected chi connectivity index (χ2v) is 9.72. The summed E-state index contributed by atoms with van der Waals surface area (Å²) in [5.41, 5.74) is 6.21. The number of nitrogens with zero attached hydrogens (tertiary/aromatic N) is 1. The van der Waals surface area contributed by atoms with E-state index in [1.165, 1.54) is 70.9 Å². The van der Waals surface area contributed by atoms with E-state index in [2.05, 4.69) is 144 Å². The second kappa shape index (κ2) is 7.81. The maximum atomic E-state index is 2.45. The molecule has 0 aliphatic carbocycles. The van der Waals surface area contributed by atoms with Gasteiger partial charge in [0.25, 0.3) is 0 Å². The van der Waals surface area contributed by atoms with Crippen molar-refractivity contribution in [1.29, 1.82) is 0 Å². The van der Waals surface area contributed by atoms with Crippen molar-refractivity contribution >= 4 is 54.1 Å². The number of rotatable bonds is 2. The maximum Gasteiger partial charge on any atom is 0.0626 e. The zero-order chi connectivity index (χ0) is 24.3. The lowest BCUT2D eigenvalue weighted by Gasteiger charge is -2.16. The molecule has 7 aromatic carbocycles. The minimum atomic E-state index is 1.18. The molecule has 0 saturated heterocycles. The average molecular weight is 470 g/mol. The van der Waals surface area contributed by atoms with Crippen molar-refractivity contribution in [2.45, 2.75) is 0 Å². The van der Waals surface area contributed by atoms with Gasteiger partial charge in [0.15, 0.2) is 0 Å². The summed E-state index contributed by atoms with van der Waals surface area (Å²) in [4.78, 5) is 0. The number of hydrogen-bond donors (Lipinski definition) is 0. The minimum Gasteiger partial charge on any atom is -0.309 e. The van der Waals surface area contributed by atoms with E-state index in [9.17, 15) is 0 Å². The second-order valence-electron chi connectivity index (χ2n) is 9.72. The van der Waals surface area contributed by atoms with Crippen LogP contribution < -0.4 is 0 Å². The van der Waals surface area contributed by atoms with Gasteiger partial charge in [0.1, 0.15) is 0 Å². The van der Waals surface area contributed by atoms with Gasteiger partial charge in [-0.2, -0.15) is 0 Å². The highest BCUT2D eigenvalue weighted by Gasteiger charge is 2.21. The van der Waals surface area contributed by atoms with Gasteiger partial charge in [-0.15, -0.1) is 0 Å². The first-order valence-corrected chi connectivity index (χ1v) is 12.8. The summed E-state index contributed by atoms with van der Waals surface area (Å²) >= 11 is 0. The predicted molar refractivity (Wildman–Crippen MR) is 159 cm³/mol. The molecule has 37 heavy (non-hydrogen) atoms. The summed E-state index contributed by atoms with van der Waals surface area (Å²) in [6, 6.07) is 50.6. The molecule has 0 radical (unpaired) electrons. The highest BCUT2D eigenvalue weighted by Crippen LogP contribution is 2.46. The fourth-order valence-electron chi connectivity index (χ4n) is 6.23. The van der Waals surface area contributed by atoms with Crippen LogP contribution in [-0.4, -0.2) is 4.57 Å². The number of aromatic nitrogens is 1. The van der Waals surface area contributed by atoms with Gasteiger partial charge in [-0.25, -0.2) is 0 Å². The molecule has 0 N–H and O–H groups in total. The van der Waals surface area contributed by atoms with Crippen molar-refractivity contribution in [3.63, 3.8) is 0 Å². The van der Waals surface area contributed by atoms with Crippen molar-refractivity contribution < 1.29 is 0 Å². The van der Waals surface area contributed by atoms with Crippen LogP contribution in [0.15, 0.2) is 140 Å². The lowest BCUT2D eigenvalue weighted by molar-refractivity contribution is 1.19. The van der Waals surface area contributed by atoms with Crippen LogP contribution in [0.4, 0.5) is 0 Å². The van der Waals surface area contributed by atoms with Crippen LogP contribution in [0.3, 0.4) is 0 Å². The molecule has 0 spiro atoms. The third kappa shape index (κ3) is 2.86. The van der Waals surface area contributed by atoms with Crippen molar-refractivity contribution in [2.24, 2.45) is 0 Å². The Labute approximate surface area is 214 Å². The third-order valence-corrected chi connectivity index (χ3v) is 7.74. The zero-order valence-electron chi connectivity index (χ0n) is 20.2. The Bertz CT molecular complexity index is 2120. The van der Waals surface area contributed by atoms with Crippen LogP contribution in [0.25, 0.3) is 70.9 Å². The predicted octanol–water partition coefficient (Wildman–Crippen LogP) is 9.91. The molecule has 0 fully saturated rings. The van der Waals surface area contributed by atoms with E-state index in [-0.39, 0.29) is 0 Å². The molecule has 0 amide bonds. The Morgan fingerprint density at radius 3 is 1.70 bits per heavy atom. The summed E-state index contributed by atoms with van der Waals surface area (Å²) < 4.78 is 2.45. The summed E-state index contributed by atoms with van der Waals surface area (Å²) in [6.45, 7) is 0. The van der Waals surface area contributed by atoms with Crippen molar-refractivity contribution in [3.05, 3.63) is 140 Å². The van der Waals surface area contributed by atoms with Gasteiger partial charge in [-0.05, 0) is 56.9 Å². The van der Waals surface area contributed by atoms with Gasteiger partial charge in [0.2, 0.25) is 0 Å². The zero-order valence-corrected chi connectivity index (χ0v) is 20.2. The van der Waals surface area contributed by atoms with Crippen molar-refractivity contribution in [1.82, 2.24) is 4.57 Å². The largest absolute Gasteiger partial charge is 0.309 e. The molecule has 1 heteroatoms. The van der Waals surface area contributed by atoms with E-state index < -0.39 is 0 Å². The fraction of sp³-hybridized carbons (Fsp3) is 0. The van der Waals surface area contributed by atoms with Crippen LogP contribution in [0.1, 0.15) is 0 Å². The van der Waals surface area contributed by atoms with Crippen molar-refractivity contribution in [3.8, 4) is 16.8 Å². The SMILES string of the molecule is c1ccc(-c2cc3c4ccccc4c4c(c5ccccc5n4-c4ccccc4)c3c3ccccc23)cc1. The molecular weight excluding hydrogens is 446 g/mol. The lowest BCUT2D eigenvalue weighted by atomic mass is 9.88. The first-order chi connectivity index (χ1) is 18.4. The lowest BCUT2D eigenvalue weighted by Crippen LogP contribution is -1.94. The van der Waals surface area contributed by atoms with Gasteiger partial charge in [-0.3, -0.25) is 0 Å². The minimum absolute atomic E-state index is 1.18. The maximum absolute atomic E-state index is 2.45. The molecule has 1 nitrogen and oxygen atoms in total. The Kier molecular flexibility index (Phi) is 4.29. The number of fused-ring (bicyclic) bond motifs is 10. The smallest absolute Gasteiger partial charge is 0.0626 e. The topological polar surface area (TPSA) is 4.93 Å². The highest BCUT2D eigenvalue weighted by atomic mass is 15.0. The number of hydrogen-bond acceptors (Lipinski definition) is 0. The van der Waals surface area contributed by atoms with E-state index in [4.69, 9.17) is 0 Å². The average Bonchev–Trinajstić information content (AvgIpc) is 3.33. The van der Waals surface area contributed by atoms with Gasteiger partial charge in [0.05, 0.1) is 11.0 Å². The number of para-hydroxylation sites is 2. The summed E-state index contributed by atoms with van der Waals surface area (Å²) in [6.07, 6.45) is 0. The Hall–Kier alpha value is -4.88. The van der Waals surface area contributed by atoms with Crippen molar-refractivity contribution in [2.75, 3.05) is 0 Å². The summed E-state index contributed by atoms with van der Waals surface area (Å²) in [5, 5.41) is 10.4. The van der Waals surface area contributed by atoms with E-state index in [0.717, 1.165) is 0 Å². The Morgan fingerprint density at radius 2 is 0.946 bits per heavy atom. The van der Waals surface area contributed by atoms with Crippen LogP contribution in [-0.2, 0) is 0 Å². The molecule has 0 saturated carbocycles. The highest BCUT2D eigenvalue weighted by molar-refractivity contribution is 6.37. The van der Waals surface area contributed by atoms with Crippen LogP contribution in [0, 0.1) is 0 Å². The molecule has 0 bridgehead atoms. The Morgan fingerprint density at radius 1 is 0.378 bits per heavy atom. The fourth-order valence-corrected chi connectivity index (χ4v) is 6.23. The van der Waals surface area contributed by atoms with Crippen LogP contribution >= 0.6 is 0 Å². The van der Waals surface area contributed by atoms with Gasteiger partial charge < -0.3 is 4.57 Å². The Balaban J connectivity index is 1.71. The molecule has 172 valence electrons. The molecule has 8 aromatic rings. The first kappa shape index (κ1) is 20.3. The molecular formula is C36H23N. The van der Waals surface area contributed by atoms with E-state index >= 15 is 0 Å². The molecule has 0 aliphatic rings. The van der Waals surface area contributed by atoms with Gasteiger partial charge in [0, 0.05) is 27.2 Å². The molecule has 0 unspecified atom stereocenters. The quantitative estimate of drug-likeness (QED) is 0.222. The number of benzene rings is 7. The molecule has 8 rings (SSSR count). The molecule has 0 aliphatic heterocycles. The normalized spacial score (nSPS) is 11.8. The van der Waals surface area contributed by atoms with Crippen LogP contribution in [0.2, 0.25) is 0 Å². The summed E-state index contributed by atoms with van der Waals surface area (Å²) in [7, 11) is 0. The van der Waals surface area contributed by atoms with Gasteiger partial charge in [-0.1, -0.05) is 115 Å². The molecule has 1 aromatic heterocycles. The third-order valence-electron chi connectivity index (χ3n) is 7.74. The monoisotopic (exact) mass is 469 g/mol. The molecule has 1 heterocycles. The standard InChI is InChI=1S/C36H23N/c1-3-13-24(14-4-1)31-23-32-27-18-8-10-20-29(27)36-35(34(32)28-19-9-7-17-26(28)31)30-21-11-12-22-33(30)37(36)25-15-5-2-6-16-25/h1-23H. The first-order valence-electron chi connectivity index (χ1n) is 12.8. The van der Waals surface area contributed by atoms with E-state index in [1.54, 1.807) is 0 Å².